The molecular weight excluding hydrogens is 331 g/mol. The van der Waals surface area contributed by atoms with Crippen molar-refractivity contribution in [3.63, 3.8) is 0 Å². The van der Waals surface area contributed by atoms with E-state index in [1.165, 1.54) is 23.4 Å². The van der Waals surface area contributed by atoms with Crippen LogP contribution in [0.5, 0.6) is 0 Å². The first-order valence-electron chi connectivity index (χ1n) is 7.20. The normalized spacial score (nSPS) is 15.7. The highest BCUT2D eigenvalue weighted by atomic mass is 79.9. The van der Waals surface area contributed by atoms with E-state index in [0.717, 1.165) is 29.4 Å². The van der Waals surface area contributed by atoms with E-state index in [-0.39, 0.29) is 11.9 Å². The lowest BCUT2D eigenvalue weighted by molar-refractivity contribution is 0.581. The minimum absolute atomic E-state index is 0.0569. The molecule has 0 saturated heterocycles. The molecule has 1 heterocycles. The maximum atomic E-state index is 13.3. The average molecular weight is 349 g/mol. The Morgan fingerprint density at radius 3 is 2.81 bits per heavy atom. The second-order valence-corrected chi connectivity index (χ2v) is 6.20. The Hall–Kier alpha value is -1.39. The molecule has 2 aromatic rings. The summed E-state index contributed by atoms with van der Waals surface area (Å²) >= 11 is 3.47. The Kier molecular flexibility index (Phi) is 4.27. The molecule has 0 spiro atoms. The van der Waals surface area contributed by atoms with Crippen molar-refractivity contribution in [2.75, 3.05) is 18.0 Å². The molecule has 4 heteroatoms. The van der Waals surface area contributed by atoms with Crippen molar-refractivity contribution >= 4 is 21.6 Å². The third-order valence-corrected chi connectivity index (χ3v) is 4.75. The summed E-state index contributed by atoms with van der Waals surface area (Å²) in [4.78, 5) is 2.34. The Morgan fingerprint density at radius 1 is 1.24 bits per heavy atom. The van der Waals surface area contributed by atoms with Gasteiger partial charge in [0.15, 0.2) is 0 Å². The van der Waals surface area contributed by atoms with E-state index in [2.05, 4.69) is 45.1 Å². The standard InChI is InChI=1S/C17H18BrFN2/c18-15-10-13(19)7-8-14(15)17(11-20)21-9-3-5-12-4-1-2-6-16(12)21/h1-2,4,6-8,10,17H,3,5,9,11,20H2. The van der Waals surface area contributed by atoms with Gasteiger partial charge in [-0.05, 0) is 42.2 Å². The summed E-state index contributed by atoms with van der Waals surface area (Å²) in [6.07, 6.45) is 2.22. The molecule has 0 aromatic heterocycles. The Bertz CT molecular complexity index is 644. The summed E-state index contributed by atoms with van der Waals surface area (Å²) in [7, 11) is 0. The molecule has 0 radical (unpaired) electrons. The van der Waals surface area contributed by atoms with Gasteiger partial charge in [0, 0.05) is 23.2 Å². The molecule has 1 aliphatic rings. The number of para-hydroxylation sites is 1. The van der Waals surface area contributed by atoms with Crippen LogP contribution in [0.3, 0.4) is 0 Å². The van der Waals surface area contributed by atoms with Crippen LogP contribution in [0.1, 0.15) is 23.6 Å². The van der Waals surface area contributed by atoms with Gasteiger partial charge in [-0.3, -0.25) is 0 Å². The number of rotatable bonds is 3. The van der Waals surface area contributed by atoms with E-state index < -0.39 is 0 Å². The first kappa shape index (κ1) is 14.5. The summed E-state index contributed by atoms with van der Waals surface area (Å²) in [6.45, 7) is 1.47. The van der Waals surface area contributed by atoms with Crippen LogP contribution in [0.25, 0.3) is 0 Å². The summed E-state index contributed by atoms with van der Waals surface area (Å²) in [5.41, 5.74) is 9.69. The molecule has 2 N–H and O–H groups in total. The van der Waals surface area contributed by atoms with E-state index in [1.54, 1.807) is 0 Å². The number of aryl methyl sites for hydroxylation is 1. The highest BCUT2D eigenvalue weighted by Gasteiger charge is 2.25. The topological polar surface area (TPSA) is 29.3 Å². The highest BCUT2D eigenvalue weighted by Crippen LogP contribution is 2.36. The molecule has 1 aliphatic heterocycles. The number of nitrogens with zero attached hydrogens (tertiary/aromatic N) is 1. The number of fused-ring (bicyclic) bond motifs is 1. The first-order chi connectivity index (χ1) is 10.2. The zero-order valence-corrected chi connectivity index (χ0v) is 13.3. The second-order valence-electron chi connectivity index (χ2n) is 5.34. The lowest BCUT2D eigenvalue weighted by Gasteiger charge is -2.38. The highest BCUT2D eigenvalue weighted by molar-refractivity contribution is 9.10. The van der Waals surface area contributed by atoms with Crippen molar-refractivity contribution in [1.82, 2.24) is 0 Å². The van der Waals surface area contributed by atoms with Gasteiger partial charge in [0.2, 0.25) is 0 Å². The zero-order chi connectivity index (χ0) is 14.8. The summed E-state index contributed by atoms with van der Waals surface area (Å²) in [5, 5.41) is 0. The molecular formula is C17H18BrFN2. The molecule has 0 aliphatic carbocycles. The molecule has 3 rings (SSSR count). The molecule has 0 amide bonds. The lowest BCUT2D eigenvalue weighted by Crippen LogP contribution is -2.37. The fraction of sp³-hybridized carbons (Fsp3) is 0.294. The molecule has 21 heavy (non-hydrogen) atoms. The van der Waals surface area contributed by atoms with Gasteiger partial charge in [-0.15, -0.1) is 0 Å². The van der Waals surface area contributed by atoms with Gasteiger partial charge < -0.3 is 10.6 Å². The minimum atomic E-state index is -0.236. The molecule has 2 nitrogen and oxygen atoms in total. The van der Waals surface area contributed by atoms with Crippen LogP contribution >= 0.6 is 15.9 Å². The van der Waals surface area contributed by atoms with Crippen molar-refractivity contribution in [3.05, 3.63) is 63.9 Å². The van der Waals surface area contributed by atoms with Gasteiger partial charge in [0.1, 0.15) is 5.82 Å². The third-order valence-electron chi connectivity index (χ3n) is 4.07. The smallest absolute Gasteiger partial charge is 0.124 e. The fourth-order valence-corrected chi connectivity index (χ4v) is 3.70. The van der Waals surface area contributed by atoms with Gasteiger partial charge in [0.25, 0.3) is 0 Å². The molecule has 1 unspecified atom stereocenters. The zero-order valence-electron chi connectivity index (χ0n) is 11.7. The molecule has 0 saturated carbocycles. The van der Waals surface area contributed by atoms with Crippen LogP contribution in [-0.4, -0.2) is 13.1 Å². The van der Waals surface area contributed by atoms with Gasteiger partial charge in [-0.1, -0.05) is 40.2 Å². The summed E-state index contributed by atoms with van der Waals surface area (Å²) in [6, 6.07) is 13.4. The van der Waals surface area contributed by atoms with Crippen LogP contribution < -0.4 is 10.6 Å². The first-order valence-corrected chi connectivity index (χ1v) is 7.99. The van der Waals surface area contributed by atoms with Gasteiger partial charge in [-0.2, -0.15) is 0 Å². The molecule has 110 valence electrons. The van der Waals surface area contributed by atoms with E-state index in [1.807, 2.05) is 6.07 Å². The van der Waals surface area contributed by atoms with Crippen LogP contribution in [0.4, 0.5) is 10.1 Å². The van der Waals surface area contributed by atoms with Crippen LogP contribution in [0.15, 0.2) is 46.9 Å². The molecule has 2 aromatic carbocycles. The SMILES string of the molecule is NCC(c1ccc(F)cc1Br)N1CCCc2ccccc21. The van der Waals surface area contributed by atoms with Crippen LogP contribution in [0, 0.1) is 5.82 Å². The molecule has 0 fully saturated rings. The summed E-state index contributed by atoms with van der Waals surface area (Å²) < 4.78 is 14.1. The van der Waals surface area contributed by atoms with Crippen molar-refractivity contribution in [2.24, 2.45) is 5.73 Å². The van der Waals surface area contributed by atoms with E-state index in [0.29, 0.717) is 6.54 Å². The number of nitrogens with two attached hydrogens (primary N) is 1. The molecule has 1 atom stereocenters. The maximum absolute atomic E-state index is 13.3. The number of hydrogen-bond acceptors (Lipinski definition) is 2. The number of anilines is 1. The Morgan fingerprint density at radius 2 is 2.05 bits per heavy atom. The van der Waals surface area contributed by atoms with Crippen LogP contribution in [-0.2, 0) is 6.42 Å². The monoisotopic (exact) mass is 348 g/mol. The maximum Gasteiger partial charge on any atom is 0.124 e. The largest absolute Gasteiger partial charge is 0.363 e. The fourth-order valence-electron chi connectivity index (χ4n) is 3.08. The Balaban J connectivity index is 2.01. The predicted octanol–water partition coefficient (Wildman–Crippen LogP) is 4.04. The second kappa shape index (κ2) is 6.16. The van der Waals surface area contributed by atoms with Crippen molar-refractivity contribution in [1.29, 1.82) is 0 Å². The Labute approximate surface area is 132 Å². The number of hydrogen-bond donors (Lipinski definition) is 1. The average Bonchev–Trinajstić information content (AvgIpc) is 2.50. The van der Waals surface area contributed by atoms with Gasteiger partial charge >= 0.3 is 0 Å². The van der Waals surface area contributed by atoms with E-state index in [9.17, 15) is 4.39 Å². The van der Waals surface area contributed by atoms with Gasteiger partial charge in [0.05, 0.1) is 6.04 Å². The van der Waals surface area contributed by atoms with Crippen molar-refractivity contribution in [2.45, 2.75) is 18.9 Å². The van der Waals surface area contributed by atoms with Crippen LogP contribution in [0.2, 0.25) is 0 Å². The third kappa shape index (κ3) is 2.83. The minimum Gasteiger partial charge on any atom is -0.363 e. The molecule has 0 bridgehead atoms. The quantitative estimate of drug-likeness (QED) is 0.906. The lowest BCUT2D eigenvalue weighted by atomic mass is 9.97. The number of benzene rings is 2. The van der Waals surface area contributed by atoms with E-state index >= 15 is 0 Å². The predicted molar refractivity (Wildman–Crippen MR) is 88.0 cm³/mol. The van der Waals surface area contributed by atoms with E-state index in [4.69, 9.17) is 5.73 Å². The van der Waals surface area contributed by atoms with Gasteiger partial charge in [-0.25, -0.2) is 4.39 Å². The van der Waals surface area contributed by atoms with Crippen molar-refractivity contribution in [3.8, 4) is 0 Å². The number of halogens is 2. The summed E-state index contributed by atoms with van der Waals surface area (Å²) in [5.74, 6) is -0.236. The van der Waals surface area contributed by atoms with Crippen molar-refractivity contribution < 1.29 is 4.39 Å².